The molecule has 1 heterocycles. The van der Waals surface area contributed by atoms with Crippen LogP contribution in [-0.2, 0) is 14.4 Å². The maximum absolute atomic E-state index is 12.6. The first kappa shape index (κ1) is 16.3. The molecular formula is C20H24N2O3. The number of likely N-dealkylation sites (tertiary alicyclic amines) is 1. The number of benzene rings is 1. The fraction of sp³-hybridized carbons (Fsp3) is 0.550. The summed E-state index contributed by atoms with van der Waals surface area (Å²) in [5.74, 6) is 0.333. The Morgan fingerprint density at radius 2 is 1.76 bits per heavy atom. The van der Waals surface area contributed by atoms with E-state index in [-0.39, 0.29) is 42.5 Å². The van der Waals surface area contributed by atoms with Gasteiger partial charge in [-0.1, -0.05) is 12.1 Å². The average molecular weight is 340 g/mol. The van der Waals surface area contributed by atoms with Gasteiger partial charge in [0.15, 0.2) is 0 Å². The lowest BCUT2D eigenvalue weighted by molar-refractivity contribution is -0.140. The third kappa shape index (κ3) is 2.57. The van der Waals surface area contributed by atoms with Crippen molar-refractivity contribution < 1.29 is 14.4 Å². The van der Waals surface area contributed by atoms with Crippen molar-refractivity contribution in [3.05, 3.63) is 29.3 Å². The summed E-state index contributed by atoms with van der Waals surface area (Å²) in [5, 5.41) is 2.90. The molecule has 1 aromatic rings. The molecule has 1 saturated heterocycles. The summed E-state index contributed by atoms with van der Waals surface area (Å²) in [6.45, 7) is 4.16. The van der Waals surface area contributed by atoms with E-state index >= 15 is 0 Å². The maximum Gasteiger partial charge on any atom is 0.233 e. The fourth-order valence-corrected chi connectivity index (χ4v) is 5.00. The van der Waals surface area contributed by atoms with Gasteiger partial charge in [-0.05, 0) is 62.1 Å². The molecule has 3 amide bonds. The van der Waals surface area contributed by atoms with E-state index in [0.29, 0.717) is 11.8 Å². The Balaban J connectivity index is 1.38. The minimum atomic E-state index is -0.158. The second-order valence-corrected chi connectivity index (χ2v) is 7.76. The van der Waals surface area contributed by atoms with Crippen LogP contribution < -0.4 is 5.32 Å². The summed E-state index contributed by atoms with van der Waals surface area (Å²) >= 11 is 0. The quantitative estimate of drug-likeness (QED) is 0.857. The molecule has 5 nitrogen and oxygen atoms in total. The van der Waals surface area contributed by atoms with Crippen molar-refractivity contribution in [3.63, 3.8) is 0 Å². The van der Waals surface area contributed by atoms with Gasteiger partial charge in [0.05, 0.1) is 11.8 Å². The van der Waals surface area contributed by atoms with Crippen LogP contribution in [0.5, 0.6) is 0 Å². The minimum Gasteiger partial charge on any atom is -0.326 e. The van der Waals surface area contributed by atoms with Crippen molar-refractivity contribution in [3.8, 4) is 0 Å². The molecule has 0 radical (unpaired) electrons. The summed E-state index contributed by atoms with van der Waals surface area (Å²) in [5.41, 5.74) is 2.94. The van der Waals surface area contributed by atoms with Gasteiger partial charge in [0, 0.05) is 18.7 Å². The number of amides is 3. The Hall–Kier alpha value is -2.17. The van der Waals surface area contributed by atoms with E-state index in [9.17, 15) is 14.4 Å². The second-order valence-electron chi connectivity index (χ2n) is 7.76. The molecule has 0 spiro atoms. The molecule has 2 aliphatic carbocycles. The van der Waals surface area contributed by atoms with E-state index in [1.54, 1.807) is 0 Å². The van der Waals surface area contributed by atoms with Crippen molar-refractivity contribution in [1.29, 1.82) is 0 Å². The van der Waals surface area contributed by atoms with Crippen LogP contribution in [0.15, 0.2) is 18.2 Å². The molecular weight excluding hydrogens is 316 g/mol. The third-order valence-corrected chi connectivity index (χ3v) is 6.46. The van der Waals surface area contributed by atoms with Gasteiger partial charge in [0.25, 0.3) is 0 Å². The number of aryl methyl sites for hydroxylation is 1. The molecule has 3 fully saturated rings. The fourth-order valence-electron chi connectivity index (χ4n) is 5.00. The van der Waals surface area contributed by atoms with Gasteiger partial charge in [-0.25, -0.2) is 0 Å². The van der Waals surface area contributed by atoms with E-state index in [4.69, 9.17) is 0 Å². The van der Waals surface area contributed by atoms with E-state index in [0.717, 1.165) is 36.1 Å². The SMILES string of the molecule is Cc1cccc(NC(=O)CCN2C(=O)[C@@H]3[C@@H]4CC[C@@H](C4)[C@@H]3C2=O)c1C. The lowest BCUT2D eigenvalue weighted by Crippen LogP contribution is -2.35. The largest absolute Gasteiger partial charge is 0.326 e. The Bertz CT molecular complexity index is 729. The number of rotatable bonds is 4. The number of carbonyl (C=O) groups is 3. The summed E-state index contributed by atoms with van der Waals surface area (Å²) in [7, 11) is 0. The lowest BCUT2D eigenvalue weighted by Gasteiger charge is -2.19. The first-order valence-electron chi connectivity index (χ1n) is 9.18. The molecule has 2 saturated carbocycles. The molecule has 132 valence electrons. The molecule has 3 aliphatic rings. The molecule has 0 unspecified atom stereocenters. The molecule has 1 aliphatic heterocycles. The summed E-state index contributed by atoms with van der Waals surface area (Å²) < 4.78 is 0. The van der Waals surface area contributed by atoms with Crippen molar-refractivity contribution in [2.75, 3.05) is 11.9 Å². The number of fused-ring (bicyclic) bond motifs is 5. The number of nitrogens with one attached hydrogen (secondary N) is 1. The smallest absolute Gasteiger partial charge is 0.233 e. The van der Waals surface area contributed by atoms with E-state index < -0.39 is 0 Å². The summed E-state index contributed by atoms with van der Waals surface area (Å²) in [6, 6.07) is 5.77. The molecule has 4 atom stereocenters. The molecule has 1 aromatic carbocycles. The standard InChI is InChI=1S/C20H24N2O3/c1-11-4-3-5-15(12(11)2)21-16(23)8-9-22-19(24)17-13-6-7-14(10-13)18(17)20(22)25/h3-5,13-14,17-18H,6-10H2,1-2H3,(H,21,23)/t13-,14+,17-,18+. The maximum atomic E-state index is 12.6. The molecule has 5 heteroatoms. The highest BCUT2D eigenvalue weighted by Gasteiger charge is 2.60. The predicted molar refractivity (Wildman–Crippen MR) is 93.7 cm³/mol. The van der Waals surface area contributed by atoms with Crippen LogP contribution in [0.1, 0.15) is 36.8 Å². The Morgan fingerprint density at radius 3 is 2.40 bits per heavy atom. The highest BCUT2D eigenvalue weighted by atomic mass is 16.2. The summed E-state index contributed by atoms with van der Waals surface area (Å²) in [4.78, 5) is 38.9. The van der Waals surface area contributed by atoms with Gasteiger partial charge < -0.3 is 5.32 Å². The normalized spacial score (nSPS) is 30.1. The van der Waals surface area contributed by atoms with Crippen LogP contribution in [0.4, 0.5) is 5.69 Å². The van der Waals surface area contributed by atoms with Crippen LogP contribution in [0.25, 0.3) is 0 Å². The van der Waals surface area contributed by atoms with Crippen molar-refractivity contribution in [1.82, 2.24) is 4.90 Å². The van der Waals surface area contributed by atoms with Crippen LogP contribution >= 0.6 is 0 Å². The van der Waals surface area contributed by atoms with Crippen molar-refractivity contribution in [2.45, 2.75) is 39.5 Å². The number of hydrogen-bond donors (Lipinski definition) is 1. The zero-order valence-electron chi connectivity index (χ0n) is 14.7. The Labute approximate surface area is 147 Å². The van der Waals surface area contributed by atoms with E-state index in [1.165, 1.54) is 4.90 Å². The number of carbonyl (C=O) groups excluding carboxylic acids is 3. The second kappa shape index (κ2) is 5.97. The average Bonchev–Trinajstić information content (AvgIpc) is 3.25. The van der Waals surface area contributed by atoms with Crippen LogP contribution in [0.3, 0.4) is 0 Å². The highest BCUT2D eigenvalue weighted by molar-refractivity contribution is 6.06. The molecule has 1 N–H and O–H groups in total. The summed E-state index contributed by atoms with van der Waals surface area (Å²) in [6.07, 6.45) is 3.34. The van der Waals surface area contributed by atoms with Gasteiger partial charge in [0.2, 0.25) is 17.7 Å². The molecule has 4 rings (SSSR count). The van der Waals surface area contributed by atoms with E-state index in [2.05, 4.69) is 5.32 Å². The van der Waals surface area contributed by atoms with Gasteiger partial charge in [-0.2, -0.15) is 0 Å². The Kier molecular flexibility index (Phi) is 3.89. The number of anilines is 1. The van der Waals surface area contributed by atoms with Crippen molar-refractivity contribution >= 4 is 23.4 Å². The van der Waals surface area contributed by atoms with Crippen LogP contribution in [0.2, 0.25) is 0 Å². The third-order valence-electron chi connectivity index (χ3n) is 6.46. The van der Waals surface area contributed by atoms with Gasteiger partial charge in [0.1, 0.15) is 0 Å². The number of imide groups is 1. The van der Waals surface area contributed by atoms with Crippen LogP contribution in [-0.4, -0.2) is 29.2 Å². The molecule has 25 heavy (non-hydrogen) atoms. The zero-order valence-corrected chi connectivity index (χ0v) is 14.7. The van der Waals surface area contributed by atoms with Gasteiger partial charge >= 0.3 is 0 Å². The van der Waals surface area contributed by atoms with Crippen LogP contribution in [0, 0.1) is 37.5 Å². The zero-order chi connectivity index (χ0) is 17.7. The van der Waals surface area contributed by atoms with Crippen molar-refractivity contribution in [2.24, 2.45) is 23.7 Å². The first-order valence-corrected chi connectivity index (χ1v) is 9.18. The lowest BCUT2D eigenvalue weighted by atomic mass is 9.81. The highest BCUT2D eigenvalue weighted by Crippen LogP contribution is 2.56. The molecule has 2 bridgehead atoms. The van der Waals surface area contributed by atoms with E-state index in [1.807, 2.05) is 32.0 Å². The van der Waals surface area contributed by atoms with Gasteiger partial charge in [-0.3, -0.25) is 19.3 Å². The topological polar surface area (TPSA) is 66.5 Å². The first-order chi connectivity index (χ1) is 12.0. The number of hydrogen-bond acceptors (Lipinski definition) is 3. The Morgan fingerprint density at radius 1 is 1.12 bits per heavy atom. The monoisotopic (exact) mass is 340 g/mol. The minimum absolute atomic E-state index is 0.0401. The predicted octanol–water partition coefficient (Wildman–Crippen LogP) is 2.66. The molecule has 0 aromatic heterocycles. The number of nitrogens with zero attached hydrogens (tertiary/aromatic N) is 1. The van der Waals surface area contributed by atoms with Gasteiger partial charge in [-0.15, -0.1) is 0 Å².